The fraction of sp³-hybridized carbons (Fsp3) is 0.200. The molecule has 33 heavy (non-hydrogen) atoms. The number of hydrogen-bond donors (Lipinski definition) is 1. The standard InChI is InChI=1S/C25H22ClFN4O2/c26-22-13-18(3-7-23(22)27)30-25-21-14-20(6-8-24(21)28-16-29-25)33-19-4-1-17(2-5-19)15-31-9-11-32-12-10-31/h1-8,13-14,16H,9-12,15H2,(H,28,29,30). The Morgan fingerprint density at radius 2 is 1.76 bits per heavy atom. The van der Waals surface area contributed by atoms with E-state index in [9.17, 15) is 4.39 Å². The Labute approximate surface area is 195 Å². The van der Waals surface area contributed by atoms with E-state index in [1.54, 1.807) is 6.07 Å². The van der Waals surface area contributed by atoms with Crippen LogP contribution in [0.4, 0.5) is 15.9 Å². The van der Waals surface area contributed by atoms with Crippen LogP contribution in [0.25, 0.3) is 10.9 Å². The molecule has 1 saturated heterocycles. The molecule has 2 heterocycles. The molecular weight excluding hydrogens is 443 g/mol. The Bertz CT molecular complexity index is 1260. The minimum Gasteiger partial charge on any atom is -0.457 e. The van der Waals surface area contributed by atoms with E-state index in [0.29, 0.717) is 17.3 Å². The Kier molecular flexibility index (Phi) is 6.35. The van der Waals surface area contributed by atoms with Crippen LogP contribution < -0.4 is 10.1 Å². The zero-order valence-corrected chi connectivity index (χ0v) is 18.6. The molecule has 1 aromatic heterocycles. The molecule has 0 saturated carbocycles. The number of ether oxygens (including phenoxy) is 2. The van der Waals surface area contributed by atoms with E-state index in [1.165, 1.54) is 24.0 Å². The minimum atomic E-state index is -0.471. The first-order valence-corrected chi connectivity index (χ1v) is 11.1. The van der Waals surface area contributed by atoms with Crippen LogP contribution in [0.2, 0.25) is 5.02 Å². The Morgan fingerprint density at radius 3 is 2.55 bits per heavy atom. The molecule has 1 aliphatic rings. The average molecular weight is 465 g/mol. The highest BCUT2D eigenvalue weighted by molar-refractivity contribution is 6.31. The summed E-state index contributed by atoms with van der Waals surface area (Å²) in [6.07, 6.45) is 1.48. The summed E-state index contributed by atoms with van der Waals surface area (Å²) in [6.45, 7) is 4.39. The van der Waals surface area contributed by atoms with Gasteiger partial charge >= 0.3 is 0 Å². The first-order chi connectivity index (χ1) is 16.1. The molecular formula is C25H22ClFN4O2. The fourth-order valence-electron chi connectivity index (χ4n) is 3.73. The maximum absolute atomic E-state index is 13.5. The van der Waals surface area contributed by atoms with Crippen molar-refractivity contribution in [1.29, 1.82) is 0 Å². The second kappa shape index (κ2) is 9.70. The number of rotatable bonds is 6. The molecule has 168 valence electrons. The molecule has 3 aromatic carbocycles. The number of benzene rings is 3. The summed E-state index contributed by atoms with van der Waals surface area (Å²) in [6, 6.07) is 18.2. The Morgan fingerprint density at radius 1 is 0.970 bits per heavy atom. The van der Waals surface area contributed by atoms with Gasteiger partial charge in [0.1, 0.15) is 29.5 Å². The van der Waals surface area contributed by atoms with Gasteiger partial charge in [0, 0.05) is 30.7 Å². The first-order valence-electron chi connectivity index (χ1n) is 10.7. The molecule has 0 spiro atoms. The number of nitrogens with zero attached hydrogens (tertiary/aromatic N) is 3. The maximum Gasteiger partial charge on any atom is 0.141 e. The highest BCUT2D eigenvalue weighted by Gasteiger charge is 2.11. The van der Waals surface area contributed by atoms with E-state index in [1.807, 2.05) is 30.3 Å². The van der Waals surface area contributed by atoms with Crippen LogP contribution in [0, 0.1) is 5.82 Å². The maximum atomic E-state index is 13.5. The Hall–Kier alpha value is -3.26. The molecule has 1 aliphatic heterocycles. The van der Waals surface area contributed by atoms with Crippen molar-refractivity contribution in [1.82, 2.24) is 14.9 Å². The van der Waals surface area contributed by atoms with E-state index >= 15 is 0 Å². The van der Waals surface area contributed by atoms with Crippen LogP contribution in [0.3, 0.4) is 0 Å². The van der Waals surface area contributed by atoms with Crippen molar-refractivity contribution in [2.24, 2.45) is 0 Å². The highest BCUT2D eigenvalue weighted by Crippen LogP contribution is 2.30. The van der Waals surface area contributed by atoms with Gasteiger partial charge in [0.25, 0.3) is 0 Å². The summed E-state index contributed by atoms with van der Waals surface area (Å²) in [5, 5.41) is 4.00. The molecule has 1 N–H and O–H groups in total. The predicted octanol–water partition coefficient (Wildman–Crippen LogP) is 5.79. The number of halogens is 2. The third kappa shape index (κ3) is 5.22. The zero-order valence-electron chi connectivity index (χ0n) is 17.8. The molecule has 0 radical (unpaired) electrons. The van der Waals surface area contributed by atoms with Crippen LogP contribution >= 0.6 is 11.6 Å². The molecule has 8 heteroatoms. The van der Waals surface area contributed by atoms with Crippen molar-refractivity contribution in [3.8, 4) is 11.5 Å². The summed E-state index contributed by atoms with van der Waals surface area (Å²) < 4.78 is 25.0. The monoisotopic (exact) mass is 464 g/mol. The summed E-state index contributed by atoms with van der Waals surface area (Å²) in [4.78, 5) is 11.0. The minimum absolute atomic E-state index is 0.0412. The summed E-state index contributed by atoms with van der Waals surface area (Å²) in [5.74, 6) is 1.52. The van der Waals surface area contributed by atoms with Gasteiger partial charge in [0.15, 0.2) is 0 Å². The van der Waals surface area contributed by atoms with E-state index in [4.69, 9.17) is 21.1 Å². The quantitative estimate of drug-likeness (QED) is 0.389. The number of morpholine rings is 1. The van der Waals surface area contributed by atoms with Gasteiger partial charge < -0.3 is 14.8 Å². The van der Waals surface area contributed by atoms with Crippen LogP contribution in [0.1, 0.15) is 5.56 Å². The van der Waals surface area contributed by atoms with Gasteiger partial charge in [-0.05, 0) is 54.1 Å². The Balaban J connectivity index is 1.33. The second-order valence-electron chi connectivity index (χ2n) is 7.79. The molecule has 0 aliphatic carbocycles. The van der Waals surface area contributed by atoms with Crippen LogP contribution in [-0.2, 0) is 11.3 Å². The van der Waals surface area contributed by atoms with Crippen LogP contribution in [0.5, 0.6) is 11.5 Å². The lowest BCUT2D eigenvalue weighted by molar-refractivity contribution is 0.0342. The molecule has 0 unspecified atom stereocenters. The second-order valence-corrected chi connectivity index (χ2v) is 8.20. The van der Waals surface area contributed by atoms with Crippen molar-refractivity contribution in [2.45, 2.75) is 6.54 Å². The molecule has 5 rings (SSSR count). The third-order valence-electron chi connectivity index (χ3n) is 5.46. The molecule has 1 fully saturated rings. The van der Waals surface area contributed by atoms with Crippen LogP contribution in [0.15, 0.2) is 67.0 Å². The van der Waals surface area contributed by atoms with Crippen LogP contribution in [-0.4, -0.2) is 41.2 Å². The van der Waals surface area contributed by atoms with Gasteiger partial charge in [0.2, 0.25) is 0 Å². The largest absolute Gasteiger partial charge is 0.457 e. The molecule has 0 amide bonds. The van der Waals surface area contributed by atoms with E-state index < -0.39 is 5.82 Å². The average Bonchev–Trinajstić information content (AvgIpc) is 2.84. The topological polar surface area (TPSA) is 59.5 Å². The van der Waals surface area contributed by atoms with Crippen molar-refractivity contribution in [3.63, 3.8) is 0 Å². The van der Waals surface area contributed by atoms with Gasteiger partial charge in [-0.3, -0.25) is 4.90 Å². The third-order valence-corrected chi connectivity index (χ3v) is 5.75. The van der Waals surface area contributed by atoms with Gasteiger partial charge in [-0.25, -0.2) is 14.4 Å². The molecule has 0 bridgehead atoms. The van der Waals surface area contributed by atoms with Crippen molar-refractivity contribution >= 4 is 34.0 Å². The molecule has 0 atom stereocenters. The lowest BCUT2D eigenvalue weighted by Gasteiger charge is -2.26. The lowest BCUT2D eigenvalue weighted by Crippen LogP contribution is -2.35. The first kappa shape index (κ1) is 21.6. The summed E-state index contributed by atoms with van der Waals surface area (Å²) in [5.41, 5.74) is 2.62. The van der Waals surface area contributed by atoms with Gasteiger partial charge in [-0.2, -0.15) is 0 Å². The van der Waals surface area contributed by atoms with Gasteiger partial charge in [-0.1, -0.05) is 23.7 Å². The summed E-state index contributed by atoms with van der Waals surface area (Å²) in [7, 11) is 0. The highest BCUT2D eigenvalue weighted by atomic mass is 35.5. The molecule has 4 aromatic rings. The fourth-order valence-corrected chi connectivity index (χ4v) is 3.91. The number of anilines is 2. The normalized spacial score (nSPS) is 14.4. The molecule has 6 nitrogen and oxygen atoms in total. The smallest absolute Gasteiger partial charge is 0.141 e. The number of hydrogen-bond acceptors (Lipinski definition) is 6. The van der Waals surface area contributed by atoms with E-state index in [-0.39, 0.29) is 5.02 Å². The van der Waals surface area contributed by atoms with Crippen molar-refractivity contribution in [3.05, 3.63) is 83.4 Å². The number of fused-ring (bicyclic) bond motifs is 1. The van der Waals surface area contributed by atoms with E-state index in [2.05, 4.69) is 32.3 Å². The van der Waals surface area contributed by atoms with Gasteiger partial charge in [0.05, 0.1) is 23.8 Å². The van der Waals surface area contributed by atoms with Crippen molar-refractivity contribution in [2.75, 3.05) is 31.6 Å². The van der Waals surface area contributed by atoms with E-state index in [0.717, 1.165) is 49.5 Å². The summed E-state index contributed by atoms with van der Waals surface area (Å²) >= 11 is 5.90. The lowest BCUT2D eigenvalue weighted by atomic mass is 10.2. The van der Waals surface area contributed by atoms with Crippen molar-refractivity contribution < 1.29 is 13.9 Å². The number of aromatic nitrogens is 2. The zero-order chi connectivity index (χ0) is 22.6. The number of nitrogens with one attached hydrogen (secondary N) is 1. The predicted molar refractivity (Wildman–Crippen MR) is 127 cm³/mol. The SMILES string of the molecule is Fc1ccc(Nc2ncnc3ccc(Oc4ccc(CN5CCOCC5)cc4)cc23)cc1Cl. The van der Waals surface area contributed by atoms with Gasteiger partial charge in [-0.15, -0.1) is 0 Å².